The molecule has 4 heteroatoms. The van der Waals surface area contributed by atoms with Gasteiger partial charge in [0.1, 0.15) is 0 Å². The number of hydrogen-bond donors (Lipinski definition) is 2. The highest BCUT2D eigenvalue weighted by atomic mass is 16.7. The van der Waals surface area contributed by atoms with E-state index < -0.39 is 0 Å². The highest BCUT2D eigenvalue weighted by Crippen LogP contribution is 2.29. The first-order valence-corrected chi connectivity index (χ1v) is 14.4. The molecule has 0 amide bonds. The second-order valence-electron chi connectivity index (χ2n) is 9.80. The number of ether oxygens (including phenoxy) is 2. The van der Waals surface area contributed by atoms with Gasteiger partial charge in [0.25, 0.3) is 0 Å². The summed E-state index contributed by atoms with van der Waals surface area (Å²) in [5.74, 6) is -0.00785. The molecule has 0 aromatic heterocycles. The van der Waals surface area contributed by atoms with Gasteiger partial charge in [-0.1, -0.05) is 109 Å². The fourth-order valence-corrected chi connectivity index (χ4v) is 4.35. The van der Waals surface area contributed by atoms with Gasteiger partial charge in [-0.15, -0.1) is 0 Å². The summed E-state index contributed by atoms with van der Waals surface area (Å²) in [5.41, 5.74) is 0.821. The zero-order chi connectivity index (χ0) is 24.7. The SMILES string of the molecule is CCCCCCCCCOC(CCCCCc1cccc(O)c1O)OCCCCCCCCC. The molecular formula is C30H54O4. The van der Waals surface area contributed by atoms with Gasteiger partial charge in [-0.05, 0) is 50.2 Å². The van der Waals surface area contributed by atoms with E-state index in [1.165, 1.54) is 83.1 Å². The molecule has 198 valence electrons. The predicted molar refractivity (Wildman–Crippen MR) is 144 cm³/mol. The van der Waals surface area contributed by atoms with Crippen LogP contribution in [0, 0.1) is 0 Å². The lowest BCUT2D eigenvalue weighted by Crippen LogP contribution is -2.19. The van der Waals surface area contributed by atoms with Gasteiger partial charge in [0.15, 0.2) is 17.8 Å². The Balaban J connectivity index is 2.22. The van der Waals surface area contributed by atoms with Crippen molar-refractivity contribution in [3.8, 4) is 11.5 Å². The van der Waals surface area contributed by atoms with Crippen LogP contribution in [-0.2, 0) is 15.9 Å². The summed E-state index contributed by atoms with van der Waals surface area (Å²) in [6.45, 7) is 6.12. The van der Waals surface area contributed by atoms with Crippen LogP contribution < -0.4 is 0 Å². The summed E-state index contributed by atoms with van der Waals surface area (Å²) >= 11 is 0. The van der Waals surface area contributed by atoms with Crippen molar-refractivity contribution in [1.29, 1.82) is 0 Å². The van der Waals surface area contributed by atoms with E-state index >= 15 is 0 Å². The molecule has 0 radical (unpaired) electrons. The Hall–Kier alpha value is -1.26. The van der Waals surface area contributed by atoms with Crippen LogP contribution in [0.25, 0.3) is 0 Å². The Morgan fingerprint density at radius 1 is 0.618 bits per heavy atom. The van der Waals surface area contributed by atoms with Gasteiger partial charge in [-0.2, -0.15) is 0 Å². The van der Waals surface area contributed by atoms with E-state index in [2.05, 4.69) is 13.8 Å². The molecule has 0 aliphatic rings. The molecule has 1 aromatic rings. The maximum absolute atomic E-state index is 9.95. The fraction of sp³-hybridized carbons (Fsp3) is 0.800. The van der Waals surface area contributed by atoms with E-state index in [0.29, 0.717) is 0 Å². The summed E-state index contributed by atoms with van der Waals surface area (Å²) in [6, 6.07) is 5.19. The van der Waals surface area contributed by atoms with Crippen LogP contribution in [0.4, 0.5) is 0 Å². The predicted octanol–water partition coefficient (Wildman–Crippen LogP) is 9.06. The monoisotopic (exact) mass is 478 g/mol. The van der Waals surface area contributed by atoms with Crippen molar-refractivity contribution in [2.45, 2.75) is 142 Å². The summed E-state index contributed by atoms with van der Waals surface area (Å²) in [4.78, 5) is 0. The highest BCUT2D eigenvalue weighted by molar-refractivity contribution is 5.44. The first-order chi connectivity index (χ1) is 16.7. The molecule has 0 fully saturated rings. The molecule has 4 nitrogen and oxygen atoms in total. The Morgan fingerprint density at radius 2 is 1.12 bits per heavy atom. The molecule has 0 heterocycles. The Labute approximate surface area is 210 Å². The molecule has 0 saturated carbocycles. The molecular weight excluding hydrogens is 424 g/mol. The minimum absolute atomic E-state index is 0.0245. The zero-order valence-corrected chi connectivity index (χ0v) is 22.4. The molecule has 0 atom stereocenters. The number of aryl methyl sites for hydroxylation is 1. The van der Waals surface area contributed by atoms with Gasteiger partial charge in [-0.25, -0.2) is 0 Å². The van der Waals surface area contributed by atoms with Crippen LogP contribution in [0.5, 0.6) is 11.5 Å². The molecule has 0 unspecified atom stereocenters. The van der Waals surface area contributed by atoms with Crippen molar-refractivity contribution in [3.05, 3.63) is 23.8 Å². The summed E-state index contributed by atoms with van der Waals surface area (Å²) in [5, 5.41) is 19.6. The largest absolute Gasteiger partial charge is 0.504 e. The van der Waals surface area contributed by atoms with Crippen molar-refractivity contribution in [2.24, 2.45) is 0 Å². The lowest BCUT2D eigenvalue weighted by Gasteiger charge is -2.19. The number of benzene rings is 1. The van der Waals surface area contributed by atoms with Crippen molar-refractivity contribution in [3.63, 3.8) is 0 Å². The van der Waals surface area contributed by atoms with Gasteiger partial charge in [0.05, 0.1) is 0 Å². The molecule has 1 rings (SSSR count). The zero-order valence-electron chi connectivity index (χ0n) is 22.4. The Kier molecular flexibility index (Phi) is 20.1. The van der Waals surface area contributed by atoms with Gasteiger partial charge < -0.3 is 19.7 Å². The third-order valence-corrected chi connectivity index (χ3v) is 6.59. The van der Waals surface area contributed by atoms with Crippen LogP contribution in [0.2, 0.25) is 0 Å². The summed E-state index contributed by atoms with van der Waals surface area (Å²) in [6.07, 6.45) is 22.8. The van der Waals surface area contributed by atoms with Gasteiger partial charge >= 0.3 is 0 Å². The highest BCUT2D eigenvalue weighted by Gasteiger charge is 2.10. The average molecular weight is 479 g/mol. The lowest BCUT2D eigenvalue weighted by molar-refractivity contribution is -0.148. The normalized spacial score (nSPS) is 11.5. The number of hydrogen-bond acceptors (Lipinski definition) is 4. The second-order valence-corrected chi connectivity index (χ2v) is 9.80. The second kappa shape index (κ2) is 22.2. The third-order valence-electron chi connectivity index (χ3n) is 6.59. The number of unbranched alkanes of at least 4 members (excludes halogenated alkanes) is 14. The minimum Gasteiger partial charge on any atom is -0.504 e. The summed E-state index contributed by atoms with van der Waals surface area (Å²) in [7, 11) is 0. The molecule has 0 aliphatic heterocycles. The van der Waals surface area contributed by atoms with E-state index in [1.54, 1.807) is 6.07 Å². The van der Waals surface area contributed by atoms with Gasteiger partial charge in [0.2, 0.25) is 0 Å². The number of phenols is 2. The molecule has 34 heavy (non-hydrogen) atoms. The molecule has 0 bridgehead atoms. The van der Waals surface area contributed by atoms with Crippen LogP contribution in [0.15, 0.2) is 18.2 Å². The topological polar surface area (TPSA) is 58.9 Å². The van der Waals surface area contributed by atoms with Gasteiger partial charge in [0, 0.05) is 13.2 Å². The molecule has 1 aromatic carbocycles. The van der Waals surface area contributed by atoms with E-state index in [1.807, 2.05) is 6.07 Å². The van der Waals surface area contributed by atoms with E-state index in [0.717, 1.165) is 63.7 Å². The fourth-order valence-electron chi connectivity index (χ4n) is 4.35. The molecule has 0 saturated heterocycles. The average Bonchev–Trinajstić information content (AvgIpc) is 2.84. The minimum atomic E-state index is -0.0886. The van der Waals surface area contributed by atoms with Crippen molar-refractivity contribution < 1.29 is 19.7 Å². The Morgan fingerprint density at radius 3 is 1.68 bits per heavy atom. The number of rotatable bonds is 24. The molecule has 2 N–H and O–H groups in total. The van der Waals surface area contributed by atoms with Crippen molar-refractivity contribution in [1.82, 2.24) is 0 Å². The first kappa shape index (κ1) is 30.8. The first-order valence-electron chi connectivity index (χ1n) is 14.4. The van der Waals surface area contributed by atoms with E-state index in [-0.39, 0.29) is 17.8 Å². The summed E-state index contributed by atoms with van der Waals surface area (Å²) < 4.78 is 12.3. The van der Waals surface area contributed by atoms with Gasteiger partial charge in [-0.3, -0.25) is 0 Å². The van der Waals surface area contributed by atoms with Crippen LogP contribution in [-0.4, -0.2) is 29.7 Å². The number of para-hydroxylation sites is 1. The van der Waals surface area contributed by atoms with Crippen LogP contribution in [0.1, 0.15) is 135 Å². The van der Waals surface area contributed by atoms with Crippen LogP contribution in [0.3, 0.4) is 0 Å². The molecule has 0 spiro atoms. The van der Waals surface area contributed by atoms with Crippen molar-refractivity contribution >= 4 is 0 Å². The maximum atomic E-state index is 9.95. The number of phenolic OH excluding ortho intramolecular Hbond substituents is 2. The lowest BCUT2D eigenvalue weighted by atomic mass is 10.0. The van der Waals surface area contributed by atoms with Crippen LogP contribution >= 0.6 is 0 Å². The smallest absolute Gasteiger partial charge is 0.160 e. The van der Waals surface area contributed by atoms with Crippen molar-refractivity contribution in [2.75, 3.05) is 13.2 Å². The third kappa shape index (κ3) is 16.4. The Bertz CT molecular complexity index is 555. The van der Waals surface area contributed by atoms with E-state index in [9.17, 15) is 10.2 Å². The quantitative estimate of drug-likeness (QED) is 0.0883. The molecule has 0 aliphatic carbocycles. The maximum Gasteiger partial charge on any atom is 0.160 e. The van der Waals surface area contributed by atoms with E-state index in [4.69, 9.17) is 9.47 Å². The number of aromatic hydroxyl groups is 2. The standard InChI is InChI=1S/C30H54O4/c1-3-5-7-9-11-13-18-25-33-29(34-26-19-14-12-10-8-6-4-2)24-17-15-16-21-27-22-20-23-28(31)30(27)32/h20,22-23,29,31-32H,3-19,21,24-26H2,1-2H3.